The third-order valence-electron chi connectivity index (χ3n) is 9.31. The second-order valence-electron chi connectivity index (χ2n) is 12.2. The lowest BCUT2D eigenvalue weighted by molar-refractivity contribution is -0.291. The van der Waals surface area contributed by atoms with Gasteiger partial charge in [0.2, 0.25) is 0 Å². The standard InChI is InChI=1S/C30H53F3N2O4/c1-4-5-6-7-9-12-23-15-17-24(18-16-23)27-34-19-26(20-35-27)38-21-22(2)39-28(36)29(37-3,30(31,32)33)25-13-10-8-11-14-25/h22-27,34-35H,4-21H2,1-3H3. The summed E-state index contributed by atoms with van der Waals surface area (Å²) in [4.78, 5) is 12.9. The molecule has 3 fully saturated rings. The van der Waals surface area contributed by atoms with Gasteiger partial charge in [-0.25, -0.2) is 4.79 Å². The number of ether oxygens (including phenoxy) is 3. The van der Waals surface area contributed by atoms with Crippen LogP contribution >= 0.6 is 0 Å². The van der Waals surface area contributed by atoms with Crippen LogP contribution in [0.2, 0.25) is 0 Å². The second-order valence-corrected chi connectivity index (χ2v) is 12.2. The summed E-state index contributed by atoms with van der Waals surface area (Å²) in [7, 11) is 0.960. The molecule has 3 rings (SSSR count). The summed E-state index contributed by atoms with van der Waals surface area (Å²) in [6.07, 6.45) is 10.5. The van der Waals surface area contributed by atoms with E-state index in [2.05, 4.69) is 17.6 Å². The highest BCUT2D eigenvalue weighted by Crippen LogP contribution is 2.46. The maximum Gasteiger partial charge on any atom is 0.428 e. The van der Waals surface area contributed by atoms with Gasteiger partial charge in [0.25, 0.3) is 5.60 Å². The minimum Gasteiger partial charge on any atom is -0.458 e. The van der Waals surface area contributed by atoms with E-state index in [-0.39, 0.29) is 18.9 Å². The molecule has 0 bridgehead atoms. The number of esters is 1. The van der Waals surface area contributed by atoms with Crippen LogP contribution in [0.1, 0.15) is 110 Å². The lowest BCUT2D eigenvalue weighted by Crippen LogP contribution is -2.60. The molecule has 0 spiro atoms. The van der Waals surface area contributed by atoms with Gasteiger partial charge in [-0.05, 0) is 44.4 Å². The van der Waals surface area contributed by atoms with Crippen LogP contribution < -0.4 is 10.6 Å². The van der Waals surface area contributed by atoms with Crippen LogP contribution in [-0.4, -0.2) is 62.9 Å². The fourth-order valence-corrected chi connectivity index (χ4v) is 6.92. The van der Waals surface area contributed by atoms with Crippen LogP contribution in [0.25, 0.3) is 0 Å². The van der Waals surface area contributed by atoms with Gasteiger partial charge >= 0.3 is 12.1 Å². The van der Waals surface area contributed by atoms with Crippen LogP contribution in [-0.2, 0) is 19.0 Å². The maximum absolute atomic E-state index is 14.2. The maximum atomic E-state index is 14.2. The van der Waals surface area contributed by atoms with Crippen molar-refractivity contribution in [1.82, 2.24) is 10.6 Å². The van der Waals surface area contributed by atoms with Gasteiger partial charge in [-0.3, -0.25) is 10.6 Å². The van der Waals surface area contributed by atoms with E-state index in [0.717, 1.165) is 19.4 Å². The summed E-state index contributed by atoms with van der Waals surface area (Å²) in [5.74, 6) is -0.788. The summed E-state index contributed by atoms with van der Waals surface area (Å²) in [6.45, 7) is 5.21. The number of halogens is 3. The molecule has 2 atom stereocenters. The van der Waals surface area contributed by atoms with E-state index in [1.165, 1.54) is 64.2 Å². The van der Waals surface area contributed by atoms with Gasteiger partial charge in [0.05, 0.1) is 18.9 Å². The van der Waals surface area contributed by atoms with Gasteiger partial charge in [0.1, 0.15) is 6.10 Å². The van der Waals surface area contributed by atoms with E-state index >= 15 is 0 Å². The molecule has 0 radical (unpaired) electrons. The molecule has 3 aliphatic rings. The van der Waals surface area contributed by atoms with E-state index in [0.29, 0.717) is 44.7 Å². The van der Waals surface area contributed by atoms with Gasteiger partial charge in [-0.2, -0.15) is 13.2 Å². The first-order valence-electron chi connectivity index (χ1n) is 15.6. The highest BCUT2D eigenvalue weighted by molar-refractivity contribution is 5.81. The van der Waals surface area contributed by atoms with Crippen molar-refractivity contribution in [2.24, 2.45) is 17.8 Å². The Morgan fingerprint density at radius 2 is 1.56 bits per heavy atom. The summed E-state index contributed by atoms with van der Waals surface area (Å²) >= 11 is 0. The number of nitrogens with one attached hydrogen (secondary N) is 2. The normalized spacial score (nSPS) is 29.5. The highest BCUT2D eigenvalue weighted by Gasteiger charge is 2.66. The fraction of sp³-hybridized carbons (Fsp3) is 0.967. The molecule has 2 unspecified atom stereocenters. The minimum atomic E-state index is -4.85. The molecule has 0 aromatic rings. The quantitative estimate of drug-likeness (QED) is 0.186. The molecule has 0 aromatic carbocycles. The highest BCUT2D eigenvalue weighted by atomic mass is 19.4. The number of alkyl halides is 3. The van der Waals surface area contributed by atoms with E-state index in [1.54, 1.807) is 6.92 Å². The predicted molar refractivity (Wildman–Crippen MR) is 146 cm³/mol. The van der Waals surface area contributed by atoms with Gasteiger partial charge in [0, 0.05) is 26.1 Å². The van der Waals surface area contributed by atoms with Crippen molar-refractivity contribution in [2.45, 2.75) is 140 Å². The number of carbonyl (C=O) groups is 1. The van der Waals surface area contributed by atoms with Crippen LogP contribution in [0, 0.1) is 17.8 Å². The van der Waals surface area contributed by atoms with Crippen molar-refractivity contribution in [1.29, 1.82) is 0 Å². The number of hydrogen-bond acceptors (Lipinski definition) is 6. The summed E-state index contributed by atoms with van der Waals surface area (Å²) in [6, 6.07) is 0. The second kappa shape index (κ2) is 15.9. The molecule has 9 heteroatoms. The molecule has 228 valence electrons. The third-order valence-corrected chi connectivity index (χ3v) is 9.31. The molecule has 1 saturated heterocycles. The summed E-state index contributed by atoms with van der Waals surface area (Å²) < 4.78 is 58.7. The number of methoxy groups -OCH3 is 1. The first kappa shape index (κ1) is 32.6. The SMILES string of the molecule is CCCCCCCC1CCC(C2NCC(OCC(C)OC(=O)C(OC)(C3CCCCC3)C(F)(F)F)CN2)CC1. The Hall–Kier alpha value is -0.900. The van der Waals surface area contributed by atoms with E-state index in [1.807, 2.05) is 0 Å². The van der Waals surface area contributed by atoms with Crippen LogP contribution in [0.4, 0.5) is 13.2 Å². The van der Waals surface area contributed by atoms with E-state index < -0.39 is 29.8 Å². The van der Waals surface area contributed by atoms with Crippen molar-refractivity contribution in [3.05, 3.63) is 0 Å². The molecule has 0 aromatic heterocycles. The molecule has 2 aliphatic carbocycles. The van der Waals surface area contributed by atoms with Gasteiger partial charge < -0.3 is 14.2 Å². The third kappa shape index (κ3) is 9.04. The zero-order valence-electron chi connectivity index (χ0n) is 24.5. The van der Waals surface area contributed by atoms with E-state index in [9.17, 15) is 18.0 Å². The smallest absolute Gasteiger partial charge is 0.428 e. The summed E-state index contributed by atoms with van der Waals surface area (Å²) in [5.41, 5.74) is -2.92. The molecule has 1 aliphatic heterocycles. The van der Waals surface area contributed by atoms with Crippen LogP contribution in [0.3, 0.4) is 0 Å². The largest absolute Gasteiger partial charge is 0.458 e. The number of hydrogen-bond donors (Lipinski definition) is 2. The molecule has 6 nitrogen and oxygen atoms in total. The number of unbranched alkanes of at least 4 members (excludes halogenated alkanes) is 4. The Kier molecular flexibility index (Phi) is 13.3. The zero-order valence-corrected chi connectivity index (χ0v) is 24.5. The molecule has 2 N–H and O–H groups in total. The van der Waals surface area contributed by atoms with Gasteiger partial charge in [-0.15, -0.1) is 0 Å². The molecule has 39 heavy (non-hydrogen) atoms. The van der Waals surface area contributed by atoms with Crippen molar-refractivity contribution in [3.63, 3.8) is 0 Å². The molecule has 1 heterocycles. The van der Waals surface area contributed by atoms with E-state index in [4.69, 9.17) is 14.2 Å². The van der Waals surface area contributed by atoms with Crippen molar-refractivity contribution in [2.75, 3.05) is 26.8 Å². The van der Waals surface area contributed by atoms with Crippen molar-refractivity contribution in [3.8, 4) is 0 Å². The fourth-order valence-electron chi connectivity index (χ4n) is 6.92. The van der Waals surface area contributed by atoms with Gasteiger partial charge in [-0.1, -0.05) is 77.6 Å². The van der Waals surface area contributed by atoms with Crippen molar-refractivity contribution < 1.29 is 32.2 Å². The Morgan fingerprint density at radius 3 is 2.15 bits per heavy atom. The summed E-state index contributed by atoms with van der Waals surface area (Å²) in [5, 5.41) is 7.14. The topological polar surface area (TPSA) is 68.8 Å². The molecular weight excluding hydrogens is 509 g/mol. The number of rotatable bonds is 14. The zero-order chi connectivity index (χ0) is 28.3. The molecule has 0 amide bonds. The predicted octanol–water partition coefficient (Wildman–Crippen LogP) is 6.52. The number of carbonyl (C=O) groups excluding carboxylic acids is 1. The van der Waals surface area contributed by atoms with Crippen LogP contribution in [0.5, 0.6) is 0 Å². The Balaban J connectivity index is 1.37. The van der Waals surface area contributed by atoms with Crippen LogP contribution in [0.15, 0.2) is 0 Å². The first-order chi connectivity index (χ1) is 18.7. The average molecular weight is 563 g/mol. The first-order valence-corrected chi connectivity index (χ1v) is 15.6. The van der Waals surface area contributed by atoms with Gasteiger partial charge in [0.15, 0.2) is 0 Å². The lowest BCUT2D eigenvalue weighted by atomic mass is 9.76. The lowest BCUT2D eigenvalue weighted by Gasteiger charge is -2.41. The average Bonchev–Trinajstić information content (AvgIpc) is 2.93. The molecule has 2 saturated carbocycles. The van der Waals surface area contributed by atoms with Crippen molar-refractivity contribution >= 4 is 5.97 Å². The monoisotopic (exact) mass is 562 g/mol. The Bertz CT molecular complexity index is 703. The Labute approximate surface area is 233 Å². The molecular formula is C30H53F3N2O4. The minimum absolute atomic E-state index is 0.0378. The Morgan fingerprint density at radius 1 is 0.923 bits per heavy atom.